The number of benzene rings is 4. The molecule has 0 aliphatic carbocycles. The monoisotopic (exact) mass is 410 g/mol. The summed E-state index contributed by atoms with van der Waals surface area (Å²) in [6, 6.07) is 39.1. The third kappa shape index (κ3) is 3.70. The Bertz CT molecular complexity index is 1090. The Hall–Kier alpha value is -3.48. The normalized spacial score (nSPS) is 12.6. The highest BCUT2D eigenvalue weighted by Crippen LogP contribution is 2.66. The molecule has 0 saturated carbocycles. The average molecular weight is 410 g/mol. The van der Waals surface area contributed by atoms with Crippen LogP contribution in [0.3, 0.4) is 0 Å². The molecule has 0 radical (unpaired) electrons. The average Bonchev–Trinajstić information content (AvgIpc) is 2.84. The van der Waals surface area contributed by atoms with Gasteiger partial charge in [0.15, 0.2) is 0 Å². The Balaban J connectivity index is 2.24. The van der Waals surface area contributed by atoms with Gasteiger partial charge in [-0.1, -0.05) is 84.9 Å². The summed E-state index contributed by atoms with van der Waals surface area (Å²) in [5.74, 6) is -1.23. The van der Waals surface area contributed by atoms with E-state index in [1.54, 1.807) is 0 Å². The maximum Gasteiger partial charge on any atom is 0.332 e. The van der Waals surface area contributed by atoms with Gasteiger partial charge in [-0.05, 0) is 36.4 Å². The molecule has 0 aliphatic rings. The Morgan fingerprint density at radius 1 is 0.633 bits per heavy atom. The Morgan fingerprint density at radius 2 is 0.967 bits per heavy atom. The van der Waals surface area contributed by atoms with Crippen molar-refractivity contribution in [2.45, 2.75) is 0 Å². The summed E-state index contributed by atoms with van der Waals surface area (Å²) in [5.41, 5.74) is 0.750. The topological polar surface area (TPSA) is 37.3 Å². The minimum absolute atomic E-state index is 0.379. The number of hydrogen-bond acceptors (Lipinski definition) is 1. The van der Waals surface area contributed by atoms with E-state index in [2.05, 4.69) is 0 Å². The van der Waals surface area contributed by atoms with Gasteiger partial charge in [0.05, 0.1) is 7.42 Å². The fourth-order valence-electron chi connectivity index (χ4n) is 3.84. The van der Waals surface area contributed by atoms with Crippen LogP contribution in [0.2, 0.25) is 0 Å². The van der Waals surface area contributed by atoms with Gasteiger partial charge in [0.2, 0.25) is 0 Å². The molecule has 0 bridgehead atoms. The molecule has 4 aromatic rings. The van der Waals surface area contributed by atoms with Gasteiger partial charge in [-0.3, -0.25) is 0 Å². The van der Waals surface area contributed by atoms with Gasteiger partial charge >= 0.3 is 5.97 Å². The summed E-state index contributed by atoms with van der Waals surface area (Å²) in [6.07, 6.45) is 0. The van der Waals surface area contributed by atoms with E-state index in [1.165, 1.54) is 0 Å². The molecule has 0 spiro atoms. The first-order valence-electron chi connectivity index (χ1n) is 10.2. The van der Waals surface area contributed by atoms with Crippen molar-refractivity contribution in [3.8, 4) is 0 Å². The molecule has 0 atom stereocenters. The lowest BCUT2D eigenvalue weighted by molar-refractivity contribution is -0.131. The molecule has 0 saturated heterocycles. The van der Waals surface area contributed by atoms with E-state index in [0.717, 1.165) is 21.5 Å². The highest BCUT2D eigenvalue weighted by atomic mass is 31.2. The molecule has 3 heteroatoms. The molecular formula is C27H22O2P+. The van der Waals surface area contributed by atoms with Crippen LogP contribution in [0.5, 0.6) is 0 Å². The van der Waals surface area contributed by atoms with E-state index in [1.807, 2.05) is 121 Å². The number of aliphatic carboxylic acids is 1. The molecule has 4 rings (SSSR count). The minimum Gasteiger partial charge on any atom is -0.478 e. The predicted molar refractivity (Wildman–Crippen MR) is 127 cm³/mol. The molecule has 1 N–H and O–H groups in total. The second kappa shape index (κ2) is 8.90. The number of carboxylic acid groups (broad SMARTS) is 1. The molecule has 0 aromatic heterocycles. The number of carbonyl (C=O) groups is 1. The molecule has 4 aromatic carbocycles. The minimum atomic E-state index is -2.68. The molecule has 0 unspecified atom stereocenters. The third-order valence-electron chi connectivity index (χ3n) is 5.04. The lowest BCUT2D eigenvalue weighted by atomic mass is 10.2. The molecular weight excluding hydrogens is 387 g/mol. The molecule has 146 valence electrons. The smallest absolute Gasteiger partial charge is 0.332 e. The van der Waals surface area contributed by atoms with Crippen LogP contribution in [0.25, 0.3) is 5.31 Å². The largest absolute Gasteiger partial charge is 0.478 e. The third-order valence-corrected chi connectivity index (χ3v) is 9.30. The summed E-state index contributed by atoms with van der Waals surface area (Å²) in [6.45, 7) is 0. The van der Waals surface area contributed by atoms with E-state index in [0.29, 0.717) is 5.31 Å². The molecule has 0 heterocycles. The van der Waals surface area contributed by atoms with Crippen LogP contribution in [0.15, 0.2) is 127 Å². The van der Waals surface area contributed by atoms with E-state index in [-0.39, 0.29) is 6.05 Å². The van der Waals surface area contributed by atoms with Gasteiger partial charge < -0.3 is 5.11 Å². The van der Waals surface area contributed by atoms with Crippen molar-refractivity contribution in [1.29, 1.82) is 0 Å². The van der Waals surface area contributed by atoms with Gasteiger partial charge in [0.1, 0.15) is 28.5 Å². The summed E-state index contributed by atoms with van der Waals surface area (Å²) in [4.78, 5) is 12.2. The highest BCUT2D eigenvalue weighted by molar-refractivity contribution is 8.03. The Morgan fingerprint density at radius 3 is 1.30 bits per heavy atom. The molecule has 0 aliphatic heterocycles. The summed E-state index contributed by atoms with van der Waals surface area (Å²) in [5, 5.41) is 13.6. The fourth-order valence-corrected chi connectivity index (χ4v) is 8.16. The van der Waals surface area contributed by atoms with Crippen molar-refractivity contribution in [2.24, 2.45) is 0 Å². The van der Waals surface area contributed by atoms with Gasteiger partial charge in [0, 0.05) is 5.56 Å². The first-order chi connectivity index (χ1) is 15.2. The second-order valence-corrected chi connectivity index (χ2v) is 10.2. The van der Waals surface area contributed by atoms with Crippen LogP contribution < -0.4 is 15.9 Å². The maximum atomic E-state index is 12.2. The lowest BCUT2D eigenvalue weighted by Crippen LogP contribution is -2.32. The first-order valence-corrected chi connectivity index (χ1v) is 11.5. The van der Waals surface area contributed by atoms with Crippen molar-refractivity contribution < 1.29 is 11.3 Å². The van der Waals surface area contributed by atoms with Crippen LogP contribution in [-0.4, -0.2) is 11.1 Å². The van der Waals surface area contributed by atoms with Gasteiger partial charge in [-0.25, -0.2) is 4.79 Å². The molecule has 0 amide bonds. The molecule has 2 nitrogen and oxygen atoms in total. The lowest BCUT2D eigenvalue weighted by Gasteiger charge is -2.29. The molecule has 0 fully saturated rings. The highest BCUT2D eigenvalue weighted by Gasteiger charge is 2.50. The Labute approximate surface area is 178 Å². The van der Waals surface area contributed by atoms with Crippen molar-refractivity contribution in [3.05, 3.63) is 133 Å². The molecule has 30 heavy (non-hydrogen) atoms. The Kier molecular flexibility index (Phi) is 5.50. The van der Waals surface area contributed by atoms with E-state index < -0.39 is 13.2 Å². The van der Waals surface area contributed by atoms with Gasteiger partial charge in [0.25, 0.3) is 0 Å². The maximum absolute atomic E-state index is 12.2. The van der Waals surface area contributed by atoms with Crippen molar-refractivity contribution >= 4 is 34.5 Å². The zero-order chi connectivity index (χ0) is 21.7. The van der Waals surface area contributed by atoms with Crippen molar-refractivity contribution in [3.63, 3.8) is 0 Å². The standard InChI is InChI=1S/C27H21O2P/c28-27(29)21-26(22-13-5-1-6-14-22)30(23-15-7-2-8-16-23,24-17-9-3-10-18-24)25-19-11-4-12-20-25/h1-21H/p+1/b26-21+/i21D. The zero-order valence-electron chi connectivity index (χ0n) is 17.3. The van der Waals surface area contributed by atoms with E-state index in [9.17, 15) is 9.90 Å². The number of carboxylic acids is 1. The van der Waals surface area contributed by atoms with Gasteiger partial charge in [-0.15, -0.1) is 0 Å². The van der Waals surface area contributed by atoms with Crippen LogP contribution in [-0.2, 0) is 4.79 Å². The first kappa shape index (κ1) is 18.5. The summed E-state index contributed by atoms with van der Waals surface area (Å²) >= 11 is 0. The van der Waals surface area contributed by atoms with Gasteiger partial charge in [-0.2, -0.15) is 0 Å². The SMILES string of the molecule is [2H]/C(C(=O)O)=C(/c1ccccc1)[P+](c1ccccc1)(c1ccccc1)c1ccccc1. The fraction of sp³-hybridized carbons (Fsp3) is 0. The van der Waals surface area contributed by atoms with Crippen LogP contribution >= 0.6 is 7.26 Å². The van der Waals surface area contributed by atoms with Crippen LogP contribution in [0, 0.1) is 0 Å². The van der Waals surface area contributed by atoms with E-state index in [4.69, 9.17) is 1.37 Å². The second-order valence-electron chi connectivity index (χ2n) is 6.82. The summed E-state index contributed by atoms with van der Waals surface area (Å²) < 4.78 is 8.73. The van der Waals surface area contributed by atoms with E-state index >= 15 is 0 Å². The quantitative estimate of drug-likeness (QED) is 0.354. The number of rotatable bonds is 6. The van der Waals surface area contributed by atoms with Crippen molar-refractivity contribution in [1.82, 2.24) is 0 Å². The number of hydrogen-bond donors (Lipinski definition) is 1. The zero-order valence-corrected chi connectivity index (χ0v) is 17.2. The predicted octanol–water partition coefficient (Wildman–Crippen LogP) is 5.11. The van der Waals surface area contributed by atoms with Crippen molar-refractivity contribution in [2.75, 3.05) is 0 Å². The summed E-state index contributed by atoms with van der Waals surface area (Å²) in [7, 11) is -2.68. The van der Waals surface area contributed by atoms with Crippen LogP contribution in [0.4, 0.5) is 0 Å². The van der Waals surface area contributed by atoms with Crippen LogP contribution in [0.1, 0.15) is 6.93 Å².